The lowest BCUT2D eigenvalue weighted by molar-refractivity contribution is -0.133. The summed E-state index contributed by atoms with van der Waals surface area (Å²) in [6, 6.07) is 21.1. The Balaban J connectivity index is 1.56. The van der Waals surface area contributed by atoms with Gasteiger partial charge in [-0.2, -0.15) is 5.10 Å². The van der Waals surface area contributed by atoms with E-state index in [0.29, 0.717) is 28.6 Å². The number of para-hydroxylation sites is 2. The Labute approximate surface area is 215 Å². The van der Waals surface area contributed by atoms with Gasteiger partial charge in [0.15, 0.2) is 0 Å². The molecule has 1 aliphatic rings. The van der Waals surface area contributed by atoms with Crippen molar-refractivity contribution in [3.05, 3.63) is 88.9 Å². The molecule has 3 amide bonds. The molecular formula is C27H27ClN4O4. The van der Waals surface area contributed by atoms with E-state index >= 15 is 0 Å². The Morgan fingerprint density at radius 1 is 1.06 bits per heavy atom. The SMILES string of the molecule is COc1cccc(C2=NN(C(=O)CN(C)C(=O)Nc3ccccc3OC)[C@H](c3ccccc3Cl)C2)c1. The second-order valence-corrected chi connectivity index (χ2v) is 8.65. The van der Waals surface area contributed by atoms with E-state index in [1.54, 1.807) is 38.4 Å². The molecule has 4 rings (SSSR count). The number of urea groups is 1. The maximum atomic E-state index is 13.4. The minimum atomic E-state index is -0.446. The molecule has 1 aliphatic heterocycles. The van der Waals surface area contributed by atoms with Crippen LogP contribution in [0, 0.1) is 0 Å². The molecule has 186 valence electrons. The number of hydrogen-bond donors (Lipinski definition) is 1. The lowest BCUT2D eigenvalue weighted by atomic mass is 9.98. The molecule has 0 saturated heterocycles. The molecule has 0 radical (unpaired) electrons. The zero-order valence-corrected chi connectivity index (χ0v) is 21.0. The molecule has 1 atom stereocenters. The van der Waals surface area contributed by atoms with E-state index in [1.807, 2.05) is 48.5 Å². The highest BCUT2D eigenvalue weighted by atomic mass is 35.5. The van der Waals surface area contributed by atoms with E-state index < -0.39 is 12.1 Å². The number of amides is 3. The van der Waals surface area contributed by atoms with Crippen molar-refractivity contribution in [2.45, 2.75) is 12.5 Å². The molecular weight excluding hydrogens is 480 g/mol. The van der Waals surface area contributed by atoms with Gasteiger partial charge < -0.3 is 19.7 Å². The van der Waals surface area contributed by atoms with Crippen molar-refractivity contribution in [3.63, 3.8) is 0 Å². The first kappa shape index (κ1) is 25.1. The summed E-state index contributed by atoms with van der Waals surface area (Å²) in [6.07, 6.45) is 0.472. The first-order chi connectivity index (χ1) is 17.4. The van der Waals surface area contributed by atoms with Crippen LogP contribution in [0.2, 0.25) is 5.02 Å². The lowest BCUT2D eigenvalue weighted by Crippen LogP contribution is -2.41. The second-order valence-electron chi connectivity index (χ2n) is 8.24. The predicted octanol–water partition coefficient (Wildman–Crippen LogP) is 5.20. The third kappa shape index (κ3) is 5.44. The number of anilines is 1. The molecule has 0 bridgehead atoms. The van der Waals surface area contributed by atoms with Crippen molar-refractivity contribution in [1.82, 2.24) is 9.91 Å². The molecule has 1 heterocycles. The number of hydrazone groups is 1. The van der Waals surface area contributed by atoms with Gasteiger partial charge in [-0.3, -0.25) is 4.79 Å². The molecule has 1 N–H and O–H groups in total. The summed E-state index contributed by atoms with van der Waals surface area (Å²) in [5.41, 5.74) is 2.88. The van der Waals surface area contributed by atoms with Crippen LogP contribution in [0.3, 0.4) is 0 Å². The van der Waals surface area contributed by atoms with Crippen molar-refractivity contribution in [3.8, 4) is 11.5 Å². The summed E-state index contributed by atoms with van der Waals surface area (Å²) in [5, 5.41) is 9.41. The fourth-order valence-electron chi connectivity index (χ4n) is 4.01. The smallest absolute Gasteiger partial charge is 0.322 e. The van der Waals surface area contributed by atoms with Gasteiger partial charge >= 0.3 is 6.03 Å². The van der Waals surface area contributed by atoms with Crippen molar-refractivity contribution < 1.29 is 19.1 Å². The fourth-order valence-corrected chi connectivity index (χ4v) is 4.27. The zero-order valence-electron chi connectivity index (χ0n) is 20.3. The largest absolute Gasteiger partial charge is 0.497 e. The maximum absolute atomic E-state index is 13.4. The van der Waals surface area contributed by atoms with Gasteiger partial charge in [-0.1, -0.05) is 54.1 Å². The summed E-state index contributed by atoms with van der Waals surface area (Å²) in [6.45, 7) is -0.184. The zero-order chi connectivity index (χ0) is 25.7. The molecule has 8 nitrogen and oxygen atoms in total. The molecule has 0 aromatic heterocycles. The van der Waals surface area contributed by atoms with Gasteiger partial charge in [0.05, 0.1) is 31.7 Å². The van der Waals surface area contributed by atoms with Gasteiger partial charge in [-0.15, -0.1) is 0 Å². The Morgan fingerprint density at radius 2 is 1.81 bits per heavy atom. The number of carbonyl (C=O) groups excluding carboxylic acids is 2. The standard InChI is InChI=1S/C27H27ClN4O4/c1-31(27(34)29-22-13-6-7-14-25(22)36-3)17-26(33)32-24(20-11-4-5-12-21(20)28)16-23(30-32)18-9-8-10-19(15-18)35-2/h4-15,24H,16-17H2,1-3H3,(H,29,34)/t24-/m0/s1. The van der Waals surface area contributed by atoms with Crippen LogP contribution in [0.25, 0.3) is 0 Å². The minimum absolute atomic E-state index is 0.184. The Morgan fingerprint density at radius 3 is 2.56 bits per heavy atom. The first-order valence-electron chi connectivity index (χ1n) is 11.3. The van der Waals surface area contributed by atoms with E-state index in [9.17, 15) is 9.59 Å². The molecule has 0 fully saturated rings. The average molecular weight is 507 g/mol. The summed E-state index contributed by atoms with van der Waals surface area (Å²) < 4.78 is 10.6. The van der Waals surface area contributed by atoms with E-state index in [4.69, 9.17) is 21.1 Å². The van der Waals surface area contributed by atoms with Crippen molar-refractivity contribution >= 4 is 34.9 Å². The number of methoxy groups -OCH3 is 2. The quantitative estimate of drug-likeness (QED) is 0.477. The molecule has 0 aliphatic carbocycles. The number of nitrogens with one attached hydrogen (secondary N) is 1. The molecule has 9 heteroatoms. The highest BCUT2D eigenvalue weighted by molar-refractivity contribution is 6.31. The van der Waals surface area contributed by atoms with E-state index in [-0.39, 0.29) is 12.5 Å². The van der Waals surface area contributed by atoms with Gasteiger partial charge in [0, 0.05) is 24.1 Å². The number of halogens is 1. The Hall–Kier alpha value is -4.04. The van der Waals surface area contributed by atoms with Crippen LogP contribution in [0.1, 0.15) is 23.6 Å². The summed E-state index contributed by atoms with van der Waals surface area (Å²) in [7, 11) is 4.68. The van der Waals surface area contributed by atoms with Crippen LogP contribution >= 0.6 is 11.6 Å². The molecule has 3 aromatic carbocycles. The second kappa shape index (κ2) is 11.1. The topological polar surface area (TPSA) is 83.5 Å². The molecule has 0 saturated carbocycles. The van der Waals surface area contributed by atoms with E-state index in [1.165, 1.54) is 17.0 Å². The van der Waals surface area contributed by atoms with Gasteiger partial charge in [0.2, 0.25) is 0 Å². The number of ether oxygens (including phenoxy) is 2. The van der Waals surface area contributed by atoms with Gasteiger partial charge in [0.25, 0.3) is 5.91 Å². The predicted molar refractivity (Wildman–Crippen MR) is 140 cm³/mol. The van der Waals surface area contributed by atoms with Crippen LogP contribution in [0.5, 0.6) is 11.5 Å². The monoisotopic (exact) mass is 506 g/mol. The van der Waals surface area contributed by atoms with Gasteiger partial charge in [-0.05, 0) is 35.9 Å². The fraction of sp³-hybridized carbons (Fsp3) is 0.222. The van der Waals surface area contributed by atoms with Crippen LogP contribution in [-0.2, 0) is 4.79 Å². The van der Waals surface area contributed by atoms with Gasteiger partial charge in [0.1, 0.15) is 18.0 Å². The number of hydrogen-bond acceptors (Lipinski definition) is 5. The molecule has 0 unspecified atom stereocenters. The van der Waals surface area contributed by atoms with Crippen LogP contribution in [-0.4, -0.2) is 55.4 Å². The summed E-state index contributed by atoms with van der Waals surface area (Å²) >= 11 is 6.50. The number of likely N-dealkylation sites (N-methyl/N-ethyl adjacent to an activating group) is 1. The van der Waals surface area contributed by atoms with Crippen LogP contribution in [0.15, 0.2) is 77.9 Å². The molecule has 0 spiro atoms. The highest BCUT2D eigenvalue weighted by Gasteiger charge is 2.35. The third-order valence-corrected chi connectivity index (χ3v) is 6.24. The Bertz CT molecular complexity index is 1300. The third-order valence-electron chi connectivity index (χ3n) is 5.90. The van der Waals surface area contributed by atoms with Crippen molar-refractivity contribution in [2.75, 3.05) is 33.1 Å². The number of benzene rings is 3. The van der Waals surface area contributed by atoms with Gasteiger partial charge in [-0.25, -0.2) is 9.80 Å². The van der Waals surface area contributed by atoms with Crippen molar-refractivity contribution in [1.29, 1.82) is 0 Å². The number of carbonyl (C=O) groups is 2. The van der Waals surface area contributed by atoms with Crippen LogP contribution in [0.4, 0.5) is 10.5 Å². The van der Waals surface area contributed by atoms with Crippen LogP contribution < -0.4 is 14.8 Å². The molecule has 36 heavy (non-hydrogen) atoms. The number of nitrogens with zero attached hydrogens (tertiary/aromatic N) is 3. The van der Waals surface area contributed by atoms with Crippen molar-refractivity contribution in [2.24, 2.45) is 5.10 Å². The lowest BCUT2D eigenvalue weighted by Gasteiger charge is -2.25. The minimum Gasteiger partial charge on any atom is -0.497 e. The van der Waals surface area contributed by atoms with E-state index in [2.05, 4.69) is 10.4 Å². The molecule has 3 aromatic rings. The average Bonchev–Trinajstić information content (AvgIpc) is 3.34. The normalized spacial score (nSPS) is 14.7. The Kier molecular flexibility index (Phi) is 7.75. The highest BCUT2D eigenvalue weighted by Crippen LogP contribution is 2.36. The van der Waals surface area contributed by atoms with E-state index in [0.717, 1.165) is 16.8 Å². The summed E-state index contributed by atoms with van der Waals surface area (Å²) in [4.78, 5) is 27.5. The first-order valence-corrected chi connectivity index (χ1v) is 11.7. The summed E-state index contributed by atoms with van der Waals surface area (Å²) in [5.74, 6) is 0.883. The number of rotatable bonds is 7. The maximum Gasteiger partial charge on any atom is 0.322 e.